The molecule has 0 aromatic rings. The highest BCUT2D eigenvalue weighted by molar-refractivity contribution is 7.80. The fraction of sp³-hybridized carbons (Fsp3) is 0.750. The summed E-state index contributed by atoms with van der Waals surface area (Å²) < 4.78 is 31.8. The fourth-order valence-electron chi connectivity index (χ4n) is 0.270. The molecule has 1 unspecified atom stereocenters. The van der Waals surface area contributed by atoms with Gasteiger partial charge in [0.1, 0.15) is 0 Å². The lowest BCUT2D eigenvalue weighted by molar-refractivity contribution is -0.122. The number of carbonyl (C=O) groups is 1. The molecule has 0 aromatic heterocycles. The van der Waals surface area contributed by atoms with Gasteiger partial charge in [-0.25, -0.2) is 4.18 Å². The van der Waals surface area contributed by atoms with Gasteiger partial charge in [-0.15, -0.1) is 0 Å². The average Bonchev–Trinajstić information content (AvgIpc) is 1.80. The van der Waals surface area contributed by atoms with Crippen molar-refractivity contribution in [1.29, 1.82) is 0 Å². The first-order chi connectivity index (χ1) is 4.83. The number of carbonyl (C=O) groups excluding carboxylic acids is 1. The van der Waals surface area contributed by atoms with Crippen LogP contribution in [0.25, 0.3) is 0 Å². The molecular weight excluding hydrogens is 174 g/mol. The van der Waals surface area contributed by atoms with E-state index in [-0.39, 0.29) is 0 Å². The predicted molar refractivity (Wildman–Crippen MR) is 35.9 cm³/mol. The zero-order valence-corrected chi connectivity index (χ0v) is 6.67. The molecule has 0 aromatic carbocycles. The topological polar surface area (TPSA) is 107 Å². The lowest BCUT2D eigenvalue weighted by atomic mass is 10.2. The molecule has 3 N–H and O–H groups in total. The molecule has 0 radical (unpaired) electrons. The Morgan fingerprint density at radius 1 is 1.73 bits per heavy atom. The third-order valence-electron chi connectivity index (χ3n) is 0.953. The van der Waals surface area contributed by atoms with Gasteiger partial charge in [0.05, 0.1) is 12.5 Å². The van der Waals surface area contributed by atoms with Crippen molar-refractivity contribution in [3.05, 3.63) is 0 Å². The zero-order valence-electron chi connectivity index (χ0n) is 5.85. The van der Waals surface area contributed by atoms with Crippen LogP contribution in [-0.4, -0.2) is 25.5 Å². The van der Waals surface area contributed by atoms with Crippen LogP contribution < -0.4 is 5.73 Å². The molecule has 11 heavy (non-hydrogen) atoms. The first kappa shape index (κ1) is 10.3. The second kappa shape index (κ2) is 3.65. The van der Waals surface area contributed by atoms with Crippen molar-refractivity contribution in [3.63, 3.8) is 0 Å². The standard InChI is InChI=1S/C4H9NO5S/c1-3(4(5)6)2-10-11(7,8)9/h3H,2H2,1H3,(H2,5,6)(H,7,8,9). The fourth-order valence-corrected chi connectivity index (χ4v) is 0.646. The summed E-state index contributed by atoms with van der Waals surface area (Å²) in [6.07, 6.45) is 0. The van der Waals surface area contributed by atoms with Gasteiger partial charge in [0.2, 0.25) is 5.91 Å². The van der Waals surface area contributed by atoms with E-state index in [4.69, 9.17) is 10.3 Å². The minimum Gasteiger partial charge on any atom is -0.369 e. The quantitative estimate of drug-likeness (QED) is 0.539. The van der Waals surface area contributed by atoms with E-state index in [1.54, 1.807) is 0 Å². The van der Waals surface area contributed by atoms with Crippen molar-refractivity contribution in [2.24, 2.45) is 11.7 Å². The van der Waals surface area contributed by atoms with Gasteiger partial charge in [-0.2, -0.15) is 8.42 Å². The molecule has 0 saturated heterocycles. The Morgan fingerprint density at radius 2 is 2.18 bits per heavy atom. The van der Waals surface area contributed by atoms with Crippen molar-refractivity contribution in [3.8, 4) is 0 Å². The maximum absolute atomic E-state index is 10.3. The van der Waals surface area contributed by atoms with Gasteiger partial charge in [0.15, 0.2) is 0 Å². The van der Waals surface area contributed by atoms with Crippen LogP contribution in [0.3, 0.4) is 0 Å². The van der Waals surface area contributed by atoms with Gasteiger partial charge in [0.25, 0.3) is 0 Å². The highest BCUT2D eigenvalue weighted by atomic mass is 32.3. The molecule has 0 heterocycles. The minimum absolute atomic E-state index is 0.436. The summed E-state index contributed by atoms with van der Waals surface area (Å²) in [6, 6.07) is 0. The monoisotopic (exact) mass is 183 g/mol. The van der Waals surface area contributed by atoms with Crippen LogP contribution in [0.1, 0.15) is 6.92 Å². The Kier molecular flexibility index (Phi) is 3.43. The number of hydrogen-bond donors (Lipinski definition) is 2. The normalized spacial score (nSPS) is 14.4. The second-order valence-corrected chi connectivity index (χ2v) is 3.11. The highest BCUT2D eigenvalue weighted by Crippen LogP contribution is 1.96. The molecule has 0 spiro atoms. The van der Waals surface area contributed by atoms with Gasteiger partial charge in [0, 0.05) is 0 Å². The van der Waals surface area contributed by atoms with Crippen LogP contribution in [0.4, 0.5) is 0 Å². The first-order valence-corrected chi connectivity index (χ1v) is 4.10. The largest absolute Gasteiger partial charge is 0.397 e. The molecule has 0 aliphatic heterocycles. The summed E-state index contributed by atoms with van der Waals surface area (Å²) in [6.45, 7) is 0.946. The first-order valence-electron chi connectivity index (χ1n) is 2.74. The van der Waals surface area contributed by atoms with Gasteiger partial charge in [-0.3, -0.25) is 9.35 Å². The van der Waals surface area contributed by atoms with Crippen molar-refractivity contribution in [2.45, 2.75) is 6.92 Å². The van der Waals surface area contributed by atoms with Crippen molar-refractivity contribution < 1.29 is 21.9 Å². The Labute approximate surface area is 64.3 Å². The lowest BCUT2D eigenvalue weighted by Crippen LogP contribution is -2.25. The van der Waals surface area contributed by atoms with Crippen molar-refractivity contribution in [2.75, 3.05) is 6.61 Å². The van der Waals surface area contributed by atoms with E-state index in [9.17, 15) is 13.2 Å². The summed E-state index contributed by atoms with van der Waals surface area (Å²) >= 11 is 0. The van der Waals surface area contributed by atoms with E-state index in [2.05, 4.69) is 4.18 Å². The number of nitrogens with two attached hydrogens (primary N) is 1. The molecule has 66 valence electrons. The zero-order chi connectivity index (χ0) is 9.07. The average molecular weight is 183 g/mol. The van der Waals surface area contributed by atoms with E-state index < -0.39 is 28.8 Å². The molecule has 0 aliphatic rings. The minimum atomic E-state index is -4.46. The Bertz CT molecular complexity index is 233. The maximum Gasteiger partial charge on any atom is 0.397 e. The molecular formula is C4H9NO5S. The van der Waals surface area contributed by atoms with E-state index in [1.807, 2.05) is 0 Å². The smallest absolute Gasteiger partial charge is 0.369 e. The Balaban J connectivity index is 3.82. The summed E-state index contributed by atoms with van der Waals surface area (Å²) in [5.74, 6) is -1.43. The summed E-state index contributed by atoms with van der Waals surface area (Å²) in [4.78, 5) is 10.3. The highest BCUT2D eigenvalue weighted by Gasteiger charge is 2.13. The summed E-state index contributed by atoms with van der Waals surface area (Å²) in [5.41, 5.74) is 4.77. The third kappa shape index (κ3) is 5.77. The molecule has 6 nitrogen and oxygen atoms in total. The van der Waals surface area contributed by atoms with E-state index in [0.29, 0.717) is 0 Å². The summed E-state index contributed by atoms with van der Waals surface area (Å²) in [7, 11) is -4.46. The van der Waals surface area contributed by atoms with Crippen molar-refractivity contribution in [1.82, 2.24) is 0 Å². The van der Waals surface area contributed by atoms with Gasteiger partial charge >= 0.3 is 10.4 Å². The predicted octanol–water partition coefficient (Wildman–Crippen LogP) is -1.07. The number of rotatable bonds is 4. The second-order valence-electron chi connectivity index (χ2n) is 2.02. The number of primary amides is 1. The van der Waals surface area contributed by atoms with Crippen molar-refractivity contribution >= 4 is 16.3 Å². The molecule has 0 aliphatic carbocycles. The molecule has 7 heteroatoms. The maximum atomic E-state index is 10.3. The number of amides is 1. The summed E-state index contributed by atoms with van der Waals surface area (Å²) in [5, 5.41) is 0. The van der Waals surface area contributed by atoms with Crippen LogP contribution in [0, 0.1) is 5.92 Å². The van der Waals surface area contributed by atoms with Gasteiger partial charge < -0.3 is 5.73 Å². The molecule has 0 rings (SSSR count). The van der Waals surface area contributed by atoms with E-state index >= 15 is 0 Å². The molecule has 1 amide bonds. The molecule has 0 saturated carbocycles. The molecule has 1 atom stereocenters. The Morgan fingerprint density at radius 3 is 2.45 bits per heavy atom. The van der Waals surface area contributed by atoms with Crippen LogP contribution in [0.15, 0.2) is 0 Å². The van der Waals surface area contributed by atoms with Crippen LogP contribution in [-0.2, 0) is 19.4 Å². The SMILES string of the molecule is CC(COS(=O)(=O)O)C(N)=O. The molecule has 0 bridgehead atoms. The van der Waals surface area contributed by atoms with Crippen LogP contribution in [0.2, 0.25) is 0 Å². The van der Waals surface area contributed by atoms with Gasteiger partial charge in [-0.05, 0) is 0 Å². The molecule has 0 fully saturated rings. The number of hydrogen-bond acceptors (Lipinski definition) is 4. The van der Waals surface area contributed by atoms with Crippen LogP contribution >= 0.6 is 0 Å². The third-order valence-corrected chi connectivity index (χ3v) is 1.39. The van der Waals surface area contributed by atoms with E-state index in [1.165, 1.54) is 6.92 Å². The lowest BCUT2D eigenvalue weighted by Gasteiger charge is -2.04. The van der Waals surface area contributed by atoms with Crippen LogP contribution in [0.5, 0.6) is 0 Å². The van der Waals surface area contributed by atoms with Gasteiger partial charge in [-0.1, -0.05) is 6.92 Å². The van der Waals surface area contributed by atoms with E-state index in [0.717, 1.165) is 0 Å². The Hall–Kier alpha value is -0.660.